The summed E-state index contributed by atoms with van der Waals surface area (Å²) in [6.07, 6.45) is 5.91. The number of ether oxygens (including phenoxy) is 2. The van der Waals surface area contributed by atoms with Crippen LogP contribution < -0.4 is 9.47 Å². The summed E-state index contributed by atoms with van der Waals surface area (Å²) in [7, 11) is 0. The Bertz CT molecular complexity index is 1100. The van der Waals surface area contributed by atoms with Gasteiger partial charge in [0.05, 0.1) is 11.2 Å². The summed E-state index contributed by atoms with van der Waals surface area (Å²) in [5.41, 5.74) is 4.14. The number of hydrogen-bond acceptors (Lipinski definition) is 3. The summed E-state index contributed by atoms with van der Waals surface area (Å²) in [6, 6.07) is 16.3. The number of benzene rings is 2. The van der Waals surface area contributed by atoms with Crippen molar-refractivity contribution in [1.82, 2.24) is 9.97 Å². The number of nitrogens with one attached hydrogen (secondary N) is 1. The Morgan fingerprint density at radius 2 is 1.83 bits per heavy atom. The molecular formula is C20H14N2O2. The van der Waals surface area contributed by atoms with E-state index in [4.69, 9.17) is 9.47 Å². The highest BCUT2D eigenvalue weighted by Crippen LogP contribution is 2.33. The number of pyridine rings is 1. The van der Waals surface area contributed by atoms with Gasteiger partial charge in [0.25, 0.3) is 0 Å². The van der Waals surface area contributed by atoms with Crippen LogP contribution in [0.4, 0.5) is 0 Å². The second-order valence-corrected chi connectivity index (χ2v) is 5.74. The van der Waals surface area contributed by atoms with Crippen molar-refractivity contribution in [3.63, 3.8) is 0 Å². The molecule has 1 aliphatic heterocycles. The number of H-pyrrole nitrogens is 1. The number of rotatable bonds is 2. The standard InChI is InChI=1S/C20H14N2O2/c1-2-4-16-14(3-1)15-9-10-21-17(20(15)22-16)7-5-13-6-8-18-19(11-13)24-12-23-18/h1-11,22H,12H2/b7-5-. The predicted octanol–water partition coefficient (Wildman–Crippen LogP) is 4.62. The van der Waals surface area contributed by atoms with Crippen LogP contribution in [0.2, 0.25) is 0 Å². The van der Waals surface area contributed by atoms with Crippen molar-refractivity contribution in [2.24, 2.45) is 0 Å². The van der Waals surface area contributed by atoms with Crippen LogP contribution in [0.1, 0.15) is 11.3 Å². The molecule has 2 aromatic carbocycles. The quantitative estimate of drug-likeness (QED) is 0.587. The molecule has 24 heavy (non-hydrogen) atoms. The lowest BCUT2D eigenvalue weighted by Gasteiger charge is -1.99. The number of aromatic amines is 1. The Hall–Kier alpha value is -3.27. The van der Waals surface area contributed by atoms with Gasteiger partial charge in [-0.25, -0.2) is 0 Å². The van der Waals surface area contributed by atoms with Crippen LogP contribution in [0.3, 0.4) is 0 Å². The molecule has 0 fully saturated rings. The van der Waals surface area contributed by atoms with Crippen molar-refractivity contribution in [3.8, 4) is 11.5 Å². The van der Waals surface area contributed by atoms with Gasteiger partial charge < -0.3 is 14.5 Å². The minimum Gasteiger partial charge on any atom is -0.454 e. The Morgan fingerprint density at radius 1 is 0.917 bits per heavy atom. The van der Waals surface area contributed by atoms with Crippen molar-refractivity contribution in [1.29, 1.82) is 0 Å². The first-order chi connectivity index (χ1) is 11.9. The fraction of sp³-hybridized carbons (Fsp3) is 0.0500. The maximum Gasteiger partial charge on any atom is 0.231 e. The second kappa shape index (κ2) is 5.13. The molecule has 2 aromatic heterocycles. The summed E-state index contributed by atoms with van der Waals surface area (Å²) < 4.78 is 10.8. The minimum atomic E-state index is 0.290. The Kier molecular flexibility index (Phi) is 2.82. The van der Waals surface area contributed by atoms with E-state index in [-0.39, 0.29) is 0 Å². The molecule has 0 spiro atoms. The highest BCUT2D eigenvalue weighted by molar-refractivity contribution is 6.09. The summed E-state index contributed by atoms with van der Waals surface area (Å²) in [6.45, 7) is 0.290. The third-order valence-corrected chi connectivity index (χ3v) is 4.29. The molecule has 116 valence electrons. The van der Waals surface area contributed by atoms with Gasteiger partial charge in [-0.05, 0) is 35.9 Å². The molecule has 0 bridgehead atoms. The monoisotopic (exact) mass is 314 g/mol. The van der Waals surface area contributed by atoms with Crippen molar-refractivity contribution in [3.05, 3.63) is 66.0 Å². The van der Waals surface area contributed by atoms with Crippen molar-refractivity contribution < 1.29 is 9.47 Å². The smallest absolute Gasteiger partial charge is 0.231 e. The van der Waals surface area contributed by atoms with Gasteiger partial charge in [0.2, 0.25) is 6.79 Å². The molecule has 0 saturated heterocycles. The molecule has 4 nitrogen and oxygen atoms in total. The number of para-hydroxylation sites is 1. The summed E-state index contributed by atoms with van der Waals surface area (Å²) in [4.78, 5) is 7.98. The SMILES string of the molecule is C(=C/c1nccc2c1[nH]c1ccccc12)/c1ccc2c(c1)OCO2. The van der Waals surface area contributed by atoms with E-state index < -0.39 is 0 Å². The number of hydrogen-bond donors (Lipinski definition) is 1. The van der Waals surface area contributed by atoms with E-state index in [1.807, 2.05) is 48.7 Å². The van der Waals surface area contributed by atoms with Gasteiger partial charge in [0.15, 0.2) is 11.5 Å². The van der Waals surface area contributed by atoms with E-state index in [2.05, 4.69) is 28.2 Å². The molecule has 0 unspecified atom stereocenters. The number of nitrogens with zero attached hydrogens (tertiary/aromatic N) is 1. The molecular weight excluding hydrogens is 300 g/mol. The molecule has 0 saturated carbocycles. The van der Waals surface area contributed by atoms with Crippen LogP contribution in [0.25, 0.3) is 34.0 Å². The average Bonchev–Trinajstić information content (AvgIpc) is 3.24. The first kappa shape index (κ1) is 13.2. The van der Waals surface area contributed by atoms with Gasteiger partial charge >= 0.3 is 0 Å². The van der Waals surface area contributed by atoms with Crippen LogP contribution in [0.15, 0.2) is 54.7 Å². The summed E-state index contributed by atoms with van der Waals surface area (Å²) >= 11 is 0. The van der Waals surface area contributed by atoms with Gasteiger partial charge in [-0.1, -0.05) is 30.3 Å². The number of fused-ring (bicyclic) bond motifs is 4. The maximum absolute atomic E-state index is 5.42. The molecule has 1 N–H and O–H groups in total. The lowest BCUT2D eigenvalue weighted by Crippen LogP contribution is -1.92. The van der Waals surface area contributed by atoms with Crippen molar-refractivity contribution in [2.45, 2.75) is 0 Å². The lowest BCUT2D eigenvalue weighted by molar-refractivity contribution is 0.174. The van der Waals surface area contributed by atoms with Crippen LogP contribution in [-0.4, -0.2) is 16.8 Å². The van der Waals surface area contributed by atoms with Crippen molar-refractivity contribution >= 4 is 34.0 Å². The molecule has 0 radical (unpaired) electrons. The molecule has 4 heteroatoms. The minimum absolute atomic E-state index is 0.290. The van der Waals surface area contributed by atoms with E-state index >= 15 is 0 Å². The summed E-state index contributed by atoms with van der Waals surface area (Å²) in [5.74, 6) is 1.58. The molecule has 0 atom stereocenters. The molecule has 5 rings (SSSR count). The molecule has 0 aliphatic carbocycles. The zero-order valence-corrected chi connectivity index (χ0v) is 12.8. The van der Waals surface area contributed by atoms with Gasteiger partial charge in [-0.2, -0.15) is 0 Å². The van der Waals surface area contributed by atoms with Crippen LogP contribution in [0, 0.1) is 0 Å². The molecule has 4 aromatic rings. The lowest BCUT2D eigenvalue weighted by atomic mass is 10.1. The van der Waals surface area contributed by atoms with E-state index in [1.54, 1.807) is 0 Å². The third-order valence-electron chi connectivity index (χ3n) is 4.29. The second-order valence-electron chi connectivity index (χ2n) is 5.74. The number of aromatic nitrogens is 2. The Morgan fingerprint density at radius 3 is 2.83 bits per heavy atom. The highest BCUT2D eigenvalue weighted by Gasteiger charge is 2.12. The fourth-order valence-electron chi connectivity index (χ4n) is 3.11. The zero-order valence-electron chi connectivity index (χ0n) is 12.8. The van der Waals surface area contributed by atoms with Gasteiger partial charge in [-0.3, -0.25) is 4.98 Å². The maximum atomic E-state index is 5.42. The molecule has 0 amide bonds. The first-order valence-corrected chi connectivity index (χ1v) is 7.82. The van der Waals surface area contributed by atoms with Crippen LogP contribution in [0.5, 0.6) is 11.5 Å². The highest BCUT2D eigenvalue weighted by atomic mass is 16.7. The molecule has 1 aliphatic rings. The topological polar surface area (TPSA) is 47.1 Å². The van der Waals surface area contributed by atoms with Crippen LogP contribution >= 0.6 is 0 Å². The van der Waals surface area contributed by atoms with Crippen molar-refractivity contribution in [2.75, 3.05) is 6.79 Å². The van der Waals surface area contributed by atoms with E-state index in [0.717, 1.165) is 33.8 Å². The normalized spacial score (nSPS) is 13.3. The largest absolute Gasteiger partial charge is 0.454 e. The Labute approximate surface area is 138 Å². The van der Waals surface area contributed by atoms with Gasteiger partial charge in [0.1, 0.15) is 0 Å². The van der Waals surface area contributed by atoms with Crippen LogP contribution in [-0.2, 0) is 0 Å². The predicted molar refractivity (Wildman–Crippen MR) is 95.1 cm³/mol. The van der Waals surface area contributed by atoms with Gasteiger partial charge in [0, 0.05) is 22.5 Å². The zero-order chi connectivity index (χ0) is 15.9. The fourth-order valence-corrected chi connectivity index (χ4v) is 3.11. The van der Waals surface area contributed by atoms with E-state index in [0.29, 0.717) is 6.79 Å². The summed E-state index contributed by atoms with van der Waals surface area (Å²) in [5, 5.41) is 2.40. The van der Waals surface area contributed by atoms with E-state index in [9.17, 15) is 0 Å². The Balaban J connectivity index is 1.59. The average molecular weight is 314 g/mol. The van der Waals surface area contributed by atoms with Gasteiger partial charge in [-0.15, -0.1) is 0 Å². The van der Waals surface area contributed by atoms with E-state index in [1.165, 1.54) is 10.8 Å². The first-order valence-electron chi connectivity index (χ1n) is 7.82. The third kappa shape index (κ3) is 2.04. The molecule has 3 heterocycles.